The molecule has 0 bridgehead atoms. The molecule has 0 spiro atoms. The summed E-state index contributed by atoms with van der Waals surface area (Å²) in [5.74, 6) is -0.129. The normalized spacial score (nSPS) is 19.7. The number of benzene rings is 3. The van der Waals surface area contributed by atoms with Crippen molar-refractivity contribution in [1.29, 1.82) is 0 Å². The van der Waals surface area contributed by atoms with Crippen LogP contribution >= 0.6 is 0 Å². The van der Waals surface area contributed by atoms with Crippen LogP contribution in [0.5, 0.6) is 5.75 Å². The third-order valence-corrected chi connectivity index (χ3v) is 5.46. The maximum absolute atomic E-state index is 12.6. The Bertz CT molecular complexity index is 1020. The van der Waals surface area contributed by atoms with Crippen molar-refractivity contribution in [3.05, 3.63) is 77.4 Å². The van der Waals surface area contributed by atoms with Crippen molar-refractivity contribution in [3.63, 3.8) is 0 Å². The minimum Gasteiger partial charge on any atom is -0.497 e. The van der Waals surface area contributed by atoms with Crippen molar-refractivity contribution in [3.8, 4) is 5.75 Å². The highest BCUT2D eigenvalue weighted by Gasteiger charge is 2.36. The van der Waals surface area contributed by atoms with Gasteiger partial charge >= 0.3 is 5.97 Å². The van der Waals surface area contributed by atoms with Crippen molar-refractivity contribution in [1.82, 2.24) is 4.90 Å². The summed E-state index contributed by atoms with van der Waals surface area (Å²) in [7, 11) is 1.63. The number of fused-ring (bicyclic) bond motifs is 2. The molecule has 1 aliphatic rings. The molecule has 3 unspecified atom stereocenters. The van der Waals surface area contributed by atoms with Gasteiger partial charge in [0.15, 0.2) is 0 Å². The largest absolute Gasteiger partial charge is 0.497 e. The van der Waals surface area contributed by atoms with E-state index in [-0.39, 0.29) is 6.73 Å². The fourth-order valence-corrected chi connectivity index (χ4v) is 3.65. The summed E-state index contributed by atoms with van der Waals surface area (Å²) in [6.07, 6.45) is -2.03. The minimum atomic E-state index is -1.01. The Kier molecular flexibility index (Phi) is 5.24. The first-order valence-electron chi connectivity index (χ1n) is 9.44. The zero-order valence-corrected chi connectivity index (χ0v) is 16.3. The molecule has 6 nitrogen and oxygen atoms in total. The molecule has 0 radical (unpaired) electrons. The van der Waals surface area contributed by atoms with E-state index in [2.05, 4.69) is 0 Å². The van der Waals surface area contributed by atoms with Crippen molar-refractivity contribution < 1.29 is 24.5 Å². The second-order valence-electron chi connectivity index (χ2n) is 7.18. The van der Waals surface area contributed by atoms with Crippen molar-refractivity contribution in [2.45, 2.75) is 25.3 Å². The number of esters is 1. The van der Waals surface area contributed by atoms with E-state index in [0.717, 1.165) is 22.1 Å². The molecule has 0 aliphatic carbocycles. The van der Waals surface area contributed by atoms with E-state index in [0.29, 0.717) is 11.1 Å². The number of hydrogen-bond acceptors (Lipinski definition) is 6. The molecule has 1 heterocycles. The van der Waals surface area contributed by atoms with Gasteiger partial charge in [-0.1, -0.05) is 48.5 Å². The van der Waals surface area contributed by atoms with E-state index in [4.69, 9.17) is 9.47 Å². The molecular weight excluding hydrogens is 370 g/mol. The lowest BCUT2D eigenvalue weighted by molar-refractivity contribution is -0.168. The predicted octanol–water partition coefficient (Wildman–Crippen LogP) is 3.45. The summed E-state index contributed by atoms with van der Waals surface area (Å²) in [5, 5.41) is 22.8. The van der Waals surface area contributed by atoms with Gasteiger partial charge in [0.05, 0.1) is 13.0 Å². The first-order chi connectivity index (χ1) is 14.0. The number of carbonyl (C=O) groups is 1. The Balaban J connectivity index is 1.44. The van der Waals surface area contributed by atoms with E-state index in [9.17, 15) is 15.0 Å². The van der Waals surface area contributed by atoms with Crippen LogP contribution in [-0.4, -0.2) is 34.9 Å². The SMILES string of the molecule is COc1ccc2cc(C(C)C(=O)OCN3C(O)c4ccccc4C3O)ccc2c1. The highest BCUT2D eigenvalue weighted by molar-refractivity contribution is 5.86. The molecule has 2 N–H and O–H groups in total. The zero-order valence-electron chi connectivity index (χ0n) is 16.3. The van der Waals surface area contributed by atoms with Crippen LogP contribution in [-0.2, 0) is 9.53 Å². The van der Waals surface area contributed by atoms with Gasteiger partial charge < -0.3 is 19.7 Å². The van der Waals surface area contributed by atoms with Gasteiger partial charge in [0.25, 0.3) is 0 Å². The smallest absolute Gasteiger partial charge is 0.314 e. The number of rotatable bonds is 5. The Morgan fingerprint density at radius 3 is 2.28 bits per heavy atom. The molecule has 1 aliphatic heterocycles. The molecule has 29 heavy (non-hydrogen) atoms. The number of ether oxygens (including phenoxy) is 2. The van der Waals surface area contributed by atoms with E-state index < -0.39 is 24.3 Å². The van der Waals surface area contributed by atoms with Crippen molar-refractivity contribution in [2.75, 3.05) is 13.8 Å². The first-order valence-corrected chi connectivity index (χ1v) is 9.44. The van der Waals surface area contributed by atoms with E-state index in [1.54, 1.807) is 38.3 Å². The summed E-state index contributed by atoms with van der Waals surface area (Å²) >= 11 is 0. The summed E-state index contributed by atoms with van der Waals surface area (Å²) in [5.41, 5.74) is 2.07. The lowest BCUT2D eigenvalue weighted by Gasteiger charge is -2.24. The van der Waals surface area contributed by atoms with E-state index >= 15 is 0 Å². The number of methoxy groups -OCH3 is 1. The maximum Gasteiger partial charge on any atom is 0.314 e. The van der Waals surface area contributed by atoms with Gasteiger partial charge in [0.2, 0.25) is 0 Å². The second kappa shape index (κ2) is 7.83. The lowest BCUT2D eigenvalue weighted by Crippen LogP contribution is -2.31. The monoisotopic (exact) mass is 393 g/mol. The van der Waals surface area contributed by atoms with Crippen LogP contribution in [0.2, 0.25) is 0 Å². The molecule has 3 atom stereocenters. The zero-order chi connectivity index (χ0) is 20.5. The average molecular weight is 393 g/mol. The lowest BCUT2D eigenvalue weighted by atomic mass is 9.98. The molecule has 3 aromatic carbocycles. The number of nitrogens with zero attached hydrogens (tertiary/aromatic N) is 1. The molecule has 0 fully saturated rings. The van der Waals surface area contributed by atoms with Crippen LogP contribution in [0.25, 0.3) is 10.8 Å². The molecule has 0 aromatic heterocycles. The van der Waals surface area contributed by atoms with Crippen molar-refractivity contribution >= 4 is 16.7 Å². The Labute approximate surface area is 168 Å². The van der Waals surface area contributed by atoms with Gasteiger partial charge in [-0.05, 0) is 35.4 Å². The van der Waals surface area contributed by atoms with Gasteiger partial charge in [0, 0.05) is 11.1 Å². The average Bonchev–Trinajstić information content (AvgIpc) is 3.00. The van der Waals surface area contributed by atoms with Crippen LogP contribution in [0.15, 0.2) is 60.7 Å². The molecular formula is C23H23NO5. The standard InChI is InChI=1S/C23H23NO5/c1-14(15-7-8-17-12-18(28-2)10-9-16(17)11-15)23(27)29-13-24-21(25)19-5-3-4-6-20(19)22(24)26/h3-12,14,21-22,25-26H,13H2,1-2H3. The summed E-state index contributed by atoms with van der Waals surface area (Å²) in [6, 6.07) is 18.6. The summed E-state index contributed by atoms with van der Waals surface area (Å²) in [4.78, 5) is 13.9. The third-order valence-electron chi connectivity index (χ3n) is 5.46. The minimum absolute atomic E-state index is 0.203. The van der Waals surface area contributed by atoms with Crippen molar-refractivity contribution in [2.24, 2.45) is 0 Å². The third kappa shape index (κ3) is 3.58. The number of carbonyl (C=O) groups excluding carboxylic acids is 1. The van der Waals surface area contributed by atoms with Gasteiger partial charge in [-0.15, -0.1) is 0 Å². The number of aliphatic hydroxyl groups excluding tert-OH is 2. The number of hydrogen-bond donors (Lipinski definition) is 2. The molecule has 0 amide bonds. The van der Waals surface area contributed by atoms with Crippen LogP contribution in [0.4, 0.5) is 0 Å². The quantitative estimate of drug-likeness (QED) is 0.647. The molecule has 150 valence electrons. The van der Waals surface area contributed by atoms with Gasteiger partial charge in [-0.3, -0.25) is 4.79 Å². The molecule has 0 saturated heterocycles. The van der Waals surface area contributed by atoms with Crippen LogP contribution < -0.4 is 4.74 Å². The van der Waals surface area contributed by atoms with Gasteiger partial charge in [0.1, 0.15) is 24.9 Å². The van der Waals surface area contributed by atoms with E-state index in [1.807, 2.05) is 36.4 Å². The highest BCUT2D eigenvalue weighted by atomic mass is 16.6. The molecule has 0 saturated carbocycles. The maximum atomic E-state index is 12.6. The predicted molar refractivity (Wildman–Crippen MR) is 108 cm³/mol. The topological polar surface area (TPSA) is 79.2 Å². The Morgan fingerprint density at radius 2 is 1.62 bits per heavy atom. The Morgan fingerprint density at radius 1 is 1.00 bits per heavy atom. The van der Waals surface area contributed by atoms with Gasteiger partial charge in [-0.2, -0.15) is 0 Å². The molecule has 4 rings (SSSR count). The fraction of sp³-hybridized carbons (Fsp3) is 0.261. The highest BCUT2D eigenvalue weighted by Crippen LogP contribution is 2.38. The first kappa shape index (κ1) is 19.4. The van der Waals surface area contributed by atoms with E-state index in [1.165, 1.54) is 4.90 Å². The molecule has 6 heteroatoms. The van der Waals surface area contributed by atoms with Crippen LogP contribution in [0.1, 0.15) is 42.0 Å². The fourth-order valence-electron chi connectivity index (χ4n) is 3.65. The summed E-state index contributed by atoms with van der Waals surface area (Å²) < 4.78 is 10.6. The number of aliphatic hydroxyl groups is 2. The summed E-state index contributed by atoms with van der Waals surface area (Å²) in [6.45, 7) is 1.57. The Hall–Kier alpha value is -2.93. The van der Waals surface area contributed by atoms with Gasteiger partial charge in [-0.25, -0.2) is 4.90 Å². The van der Waals surface area contributed by atoms with Crippen LogP contribution in [0, 0.1) is 0 Å². The molecule has 3 aromatic rings. The van der Waals surface area contributed by atoms with Crippen LogP contribution in [0.3, 0.4) is 0 Å². The second-order valence-corrected chi connectivity index (χ2v) is 7.18.